The van der Waals surface area contributed by atoms with E-state index in [1.54, 1.807) is 24.3 Å². The summed E-state index contributed by atoms with van der Waals surface area (Å²) in [5.41, 5.74) is 2.50. The van der Waals surface area contributed by atoms with Gasteiger partial charge in [0, 0.05) is 4.47 Å². The lowest BCUT2D eigenvalue weighted by Crippen LogP contribution is -2.07. The van der Waals surface area contributed by atoms with E-state index in [0.717, 1.165) is 4.47 Å². The molecule has 5 heteroatoms. The molecule has 1 rings (SSSR count). The molecule has 0 heterocycles. The molecule has 58 valence electrons. The van der Waals surface area contributed by atoms with E-state index in [2.05, 4.69) is 15.9 Å². The minimum atomic E-state index is -0.594. The Balaban J connectivity index is 2.74. The van der Waals surface area contributed by atoms with Crippen molar-refractivity contribution < 1.29 is 5.03 Å². The zero-order valence-corrected chi connectivity index (χ0v) is 7.04. The summed E-state index contributed by atoms with van der Waals surface area (Å²) in [5.74, 6) is 0. The molecule has 0 fully saturated rings. The summed E-state index contributed by atoms with van der Waals surface area (Å²) in [4.78, 5) is 9.94. The first-order valence-electron chi connectivity index (χ1n) is 2.85. The highest BCUT2D eigenvalue weighted by molar-refractivity contribution is 9.10. The summed E-state index contributed by atoms with van der Waals surface area (Å²) in [6.07, 6.45) is 0. The van der Waals surface area contributed by atoms with Crippen molar-refractivity contribution in [1.29, 1.82) is 0 Å². The summed E-state index contributed by atoms with van der Waals surface area (Å²) >= 11 is 3.21. The van der Waals surface area contributed by atoms with Crippen molar-refractivity contribution in [3.8, 4) is 0 Å². The van der Waals surface area contributed by atoms with Crippen LogP contribution in [0.5, 0.6) is 0 Å². The van der Waals surface area contributed by atoms with E-state index in [9.17, 15) is 10.1 Å². The Morgan fingerprint density at radius 1 is 1.36 bits per heavy atom. The molecule has 1 aromatic carbocycles. The number of benzene rings is 1. The third-order valence-electron chi connectivity index (χ3n) is 1.06. The molecular formula is C6H5BrN2O2. The number of hydrazine groups is 1. The molecule has 0 aliphatic heterocycles. The van der Waals surface area contributed by atoms with Crippen molar-refractivity contribution >= 4 is 21.6 Å². The number of halogens is 1. The molecule has 0 aromatic heterocycles. The summed E-state index contributed by atoms with van der Waals surface area (Å²) < 4.78 is 0.895. The first-order chi connectivity index (χ1) is 5.18. The van der Waals surface area contributed by atoms with Gasteiger partial charge in [-0.15, -0.1) is 5.43 Å². The minimum Gasteiger partial charge on any atom is -0.235 e. The van der Waals surface area contributed by atoms with Gasteiger partial charge in [0.1, 0.15) is 5.69 Å². The second-order valence-electron chi connectivity index (χ2n) is 1.88. The quantitative estimate of drug-likeness (QED) is 0.609. The van der Waals surface area contributed by atoms with Crippen molar-refractivity contribution in [2.75, 3.05) is 5.43 Å². The Morgan fingerprint density at radius 3 is 2.36 bits per heavy atom. The van der Waals surface area contributed by atoms with E-state index < -0.39 is 5.03 Å². The largest absolute Gasteiger partial charge is 0.235 e. The maximum absolute atomic E-state index is 9.94. The fourth-order valence-electron chi connectivity index (χ4n) is 0.630. The molecule has 0 saturated heterocycles. The Kier molecular flexibility index (Phi) is 2.43. The van der Waals surface area contributed by atoms with Gasteiger partial charge in [0.05, 0.1) is 0 Å². The van der Waals surface area contributed by atoms with E-state index in [1.165, 1.54) is 0 Å². The first kappa shape index (κ1) is 8.00. The van der Waals surface area contributed by atoms with E-state index in [4.69, 9.17) is 0 Å². The molecule has 0 radical (unpaired) electrons. The van der Waals surface area contributed by atoms with Gasteiger partial charge in [0.15, 0.2) is 5.03 Å². The number of rotatable bonds is 2. The lowest BCUT2D eigenvalue weighted by atomic mass is 10.3. The van der Waals surface area contributed by atoms with Crippen LogP contribution in [0.4, 0.5) is 5.69 Å². The monoisotopic (exact) mass is 216 g/mol. The van der Waals surface area contributed by atoms with Crippen molar-refractivity contribution in [2.45, 2.75) is 0 Å². The zero-order valence-electron chi connectivity index (χ0n) is 5.45. The van der Waals surface area contributed by atoms with Gasteiger partial charge < -0.3 is 0 Å². The van der Waals surface area contributed by atoms with Crippen LogP contribution in [0.1, 0.15) is 0 Å². The van der Waals surface area contributed by atoms with Gasteiger partial charge in [-0.25, -0.2) is 10.1 Å². The third kappa shape index (κ3) is 2.55. The topological polar surface area (TPSA) is 55.2 Å². The van der Waals surface area contributed by atoms with Crippen LogP contribution in [0.3, 0.4) is 0 Å². The van der Waals surface area contributed by atoms with Gasteiger partial charge in [-0.05, 0) is 24.3 Å². The van der Waals surface area contributed by atoms with Crippen LogP contribution in [0.15, 0.2) is 28.7 Å². The highest BCUT2D eigenvalue weighted by atomic mass is 79.9. The van der Waals surface area contributed by atoms with Crippen LogP contribution in [0.2, 0.25) is 0 Å². The van der Waals surface area contributed by atoms with Crippen molar-refractivity contribution in [1.82, 2.24) is 0 Å². The number of hydrogen-bond acceptors (Lipinski definition) is 2. The van der Waals surface area contributed by atoms with Gasteiger partial charge in [-0.3, -0.25) is 0 Å². The molecule has 4 nitrogen and oxygen atoms in total. The van der Waals surface area contributed by atoms with Crippen molar-refractivity contribution in [3.63, 3.8) is 0 Å². The lowest BCUT2D eigenvalue weighted by Gasteiger charge is -1.95. The number of nitrogens with zero attached hydrogens (tertiary/aromatic N) is 1. The highest BCUT2D eigenvalue weighted by Crippen LogP contribution is 2.13. The summed E-state index contributed by atoms with van der Waals surface area (Å²) in [6.45, 7) is 0. The predicted molar refractivity (Wildman–Crippen MR) is 44.8 cm³/mol. The second-order valence-corrected chi connectivity index (χ2v) is 2.79. The first-order valence-corrected chi connectivity index (χ1v) is 3.64. The fraction of sp³-hybridized carbons (Fsp3) is 0. The minimum absolute atomic E-state index is 0.471. The van der Waals surface area contributed by atoms with E-state index in [-0.39, 0.29) is 0 Å². The highest BCUT2D eigenvalue weighted by Gasteiger charge is 1.96. The third-order valence-corrected chi connectivity index (χ3v) is 1.59. The predicted octanol–water partition coefficient (Wildman–Crippen LogP) is 2.05. The molecule has 0 unspecified atom stereocenters. The van der Waals surface area contributed by atoms with Crippen LogP contribution >= 0.6 is 15.9 Å². The molecule has 11 heavy (non-hydrogen) atoms. The maximum atomic E-state index is 9.94. The van der Waals surface area contributed by atoms with E-state index in [0.29, 0.717) is 5.69 Å². The average Bonchev–Trinajstić information content (AvgIpc) is 1.93. The molecule has 0 spiro atoms. The Bertz CT molecular complexity index is 260. The molecule has 0 amide bonds. The Hall–Kier alpha value is -1.10. The maximum Gasteiger partial charge on any atom is 0.162 e. The Morgan fingerprint density at radius 2 is 1.91 bits per heavy atom. The van der Waals surface area contributed by atoms with Gasteiger partial charge in [-0.2, -0.15) is 0 Å². The molecule has 1 aromatic rings. The SMILES string of the molecule is O=[N+]([O-])Nc1ccc(Br)cc1. The molecule has 0 bridgehead atoms. The Labute approximate surface area is 71.5 Å². The van der Waals surface area contributed by atoms with Crippen molar-refractivity contribution in [2.24, 2.45) is 0 Å². The van der Waals surface area contributed by atoms with Crippen LogP contribution < -0.4 is 5.43 Å². The number of nitrogens with one attached hydrogen (secondary N) is 1. The standard InChI is InChI=1S/C6H5BrN2O2/c7-5-1-3-6(4-2-5)8-9(10)11/h1-4,8H. The fourth-order valence-corrected chi connectivity index (χ4v) is 0.894. The summed E-state index contributed by atoms with van der Waals surface area (Å²) in [6, 6.07) is 6.69. The summed E-state index contributed by atoms with van der Waals surface area (Å²) in [5, 5.41) is 9.34. The van der Waals surface area contributed by atoms with Gasteiger partial charge in [-0.1, -0.05) is 15.9 Å². The number of hydrogen-bond donors (Lipinski definition) is 1. The number of anilines is 1. The van der Waals surface area contributed by atoms with E-state index in [1.807, 2.05) is 5.43 Å². The van der Waals surface area contributed by atoms with Gasteiger partial charge in [0.2, 0.25) is 0 Å². The second kappa shape index (κ2) is 3.34. The van der Waals surface area contributed by atoms with Crippen LogP contribution in [-0.4, -0.2) is 5.03 Å². The molecule has 0 atom stereocenters. The summed E-state index contributed by atoms with van der Waals surface area (Å²) in [7, 11) is 0. The molecular weight excluding hydrogens is 212 g/mol. The van der Waals surface area contributed by atoms with Gasteiger partial charge >= 0.3 is 0 Å². The zero-order chi connectivity index (χ0) is 8.27. The lowest BCUT2D eigenvalue weighted by molar-refractivity contribution is -0.445. The molecule has 0 aliphatic carbocycles. The van der Waals surface area contributed by atoms with Crippen LogP contribution in [0.25, 0.3) is 0 Å². The van der Waals surface area contributed by atoms with Crippen LogP contribution in [-0.2, 0) is 0 Å². The van der Waals surface area contributed by atoms with Crippen molar-refractivity contribution in [3.05, 3.63) is 38.9 Å². The number of nitro groups is 1. The van der Waals surface area contributed by atoms with Crippen LogP contribution in [0, 0.1) is 10.1 Å². The smallest absolute Gasteiger partial charge is 0.162 e. The molecule has 0 aliphatic rings. The molecule has 1 N–H and O–H groups in total. The van der Waals surface area contributed by atoms with E-state index >= 15 is 0 Å². The average molecular weight is 217 g/mol. The van der Waals surface area contributed by atoms with Gasteiger partial charge in [0.25, 0.3) is 0 Å². The molecule has 0 saturated carbocycles. The normalized spacial score (nSPS) is 9.18.